The smallest absolute Gasteiger partial charge is 0.326 e. The van der Waals surface area contributed by atoms with Crippen molar-refractivity contribution >= 4 is 54.2 Å². The molecule has 0 saturated heterocycles. The number of thiol groups is 1. The lowest BCUT2D eigenvalue weighted by atomic mass is 10.1. The quantitative estimate of drug-likeness (QED) is 0.0308. The summed E-state index contributed by atoms with van der Waals surface area (Å²) >= 11 is 3.96. The highest BCUT2D eigenvalue weighted by atomic mass is 32.1. The van der Waals surface area contributed by atoms with Crippen LogP contribution in [0, 0.1) is 0 Å². The molecule has 0 aromatic heterocycles. The minimum atomic E-state index is -1.51. The molecular formula is C20H38N10O7S. The lowest BCUT2D eigenvalue weighted by Crippen LogP contribution is -2.57. The van der Waals surface area contributed by atoms with Crippen LogP contribution in [0.3, 0.4) is 0 Å². The molecule has 38 heavy (non-hydrogen) atoms. The summed E-state index contributed by atoms with van der Waals surface area (Å²) in [5, 5.41) is 25.4. The zero-order chi connectivity index (χ0) is 29.3. The maximum atomic E-state index is 13.1. The fraction of sp³-hybridized carbons (Fsp3) is 0.650. The van der Waals surface area contributed by atoms with E-state index in [-0.39, 0.29) is 62.9 Å². The zero-order valence-corrected chi connectivity index (χ0v) is 21.7. The number of nitrogens with zero attached hydrogens (tertiary/aromatic N) is 2. The molecule has 0 saturated carbocycles. The number of carbonyl (C=O) groups excluding carboxylic acids is 3. The third kappa shape index (κ3) is 15.3. The summed E-state index contributed by atoms with van der Waals surface area (Å²) in [5.41, 5.74) is 26.8. The number of hydrogen-bond donors (Lipinski definition) is 11. The fourth-order valence-electron chi connectivity index (χ4n) is 2.98. The lowest BCUT2D eigenvalue weighted by molar-refractivity contribution is -0.143. The van der Waals surface area contributed by atoms with Crippen LogP contribution in [0.1, 0.15) is 38.5 Å². The number of guanidine groups is 2. The summed E-state index contributed by atoms with van der Waals surface area (Å²) < 4.78 is 0. The molecule has 0 aliphatic rings. The largest absolute Gasteiger partial charge is 0.481 e. The van der Waals surface area contributed by atoms with Gasteiger partial charge < -0.3 is 54.8 Å². The van der Waals surface area contributed by atoms with Crippen molar-refractivity contribution in [3.05, 3.63) is 0 Å². The van der Waals surface area contributed by atoms with Gasteiger partial charge in [-0.15, -0.1) is 0 Å². The van der Waals surface area contributed by atoms with Gasteiger partial charge in [0.15, 0.2) is 11.9 Å². The van der Waals surface area contributed by atoms with Crippen molar-refractivity contribution in [3.63, 3.8) is 0 Å². The molecule has 18 heteroatoms. The normalized spacial score (nSPS) is 13.6. The molecule has 3 amide bonds. The van der Waals surface area contributed by atoms with E-state index in [0.29, 0.717) is 0 Å². The van der Waals surface area contributed by atoms with Crippen molar-refractivity contribution in [1.82, 2.24) is 16.0 Å². The van der Waals surface area contributed by atoms with Gasteiger partial charge in [-0.25, -0.2) is 4.79 Å². The van der Waals surface area contributed by atoms with Gasteiger partial charge in [-0.05, 0) is 32.1 Å². The molecule has 0 aromatic carbocycles. The molecule has 0 spiro atoms. The van der Waals surface area contributed by atoms with Crippen molar-refractivity contribution < 1.29 is 34.2 Å². The highest BCUT2D eigenvalue weighted by Gasteiger charge is 2.30. The molecule has 0 rings (SSSR count). The molecule has 0 heterocycles. The van der Waals surface area contributed by atoms with Crippen LogP contribution >= 0.6 is 12.6 Å². The summed E-state index contributed by atoms with van der Waals surface area (Å²) in [7, 11) is 0. The first-order valence-corrected chi connectivity index (χ1v) is 12.2. The Morgan fingerprint density at radius 3 is 1.50 bits per heavy atom. The summed E-state index contributed by atoms with van der Waals surface area (Å²) in [4.78, 5) is 68.3. The molecule has 4 unspecified atom stereocenters. The standard InChI is InChI=1S/C20H38N10O7S/c21-10(9-38)15(33)28-11(3-1-7-26-19(22)23)16(34)29-12(4-2-8-27-20(24)25)17(35)30-13(18(36)37)5-6-14(31)32/h10-13,38H,1-9,21H2,(H,28,33)(H,29,34)(H,30,35)(H,31,32)(H,36,37)(H4,22,23,26)(H4,24,25,27). The molecule has 216 valence electrons. The molecular weight excluding hydrogens is 524 g/mol. The molecule has 0 fully saturated rings. The van der Waals surface area contributed by atoms with Crippen molar-refractivity contribution in [3.8, 4) is 0 Å². The Bertz CT molecular complexity index is 878. The number of aliphatic carboxylic acids is 2. The maximum absolute atomic E-state index is 13.1. The number of carbonyl (C=O) groups is 5. The number of nitrogens with one attached hydrogen (secondary N) is 3. The van der Waals surface area contributed by atoms with Crippen LogP contribution in [0.2, 0.25) is 0 Å². The minimum Gasteiger partial charge on any atom is -0.481 e. The molecule has 4 atom stereocenters. The number of hydrogen-bond acceptors (Lipinski definition) is 9. The Kier molecular flexibility index (Phi) is 16.6. The first-order valence-electron chi connectivity index (χ1n) is 11.6. The van der Waals surface area contributed by atoms with Gasteiger partial charge in [0.1, 0.15) is 18.1 Å². The Hall–Kier alpha value is -3.80. The first kappa shape index (κ1) is 34.2. The van der Waals surface area contributed by atoms with E-state index in [1.165, 1.54) is 0 Å². The molecule has 0 bridgehead atoms. The summed E-state index contributed by atoms with van der Waals surface area (Å²) in [6, 6.07) is -4.92. The number of rotatable bonds is 19. The number of aliphatic imine (C=N–C) groups is 2. The second-order valence-electron chi connectivity index (χ2n) is 8.14. The van der Waals surface area contributed by atoms with E-state index in [9.17, 15) is 29.1 Å². The molecule has 0 aliphatic heterocycles. The van der Waals surface area contributed by atoms with Crippen LogP contribution in [0.5, 0.6) is 0 Å². The molecule has 17 nitrogen and oxygen atoms in total. The van der Waals surface area contributed by atoms with Crippen LogP contribution in [-0.4, -0.2) is 94.8 Å². The first-order chi connectivity index (χ1) is 17.8. The number of carboxylic acids is 2. The van der Waals surface area contributed by atoms with Crippen LogP contribution < -0.4 is 44.6 Å². The maximum Gasteiger partial charge on any atom is 0.326 e. The number of nitrogens with two attached hydrogens (primary N) is 5. The van der Waals surface area contributed by atoms with Gasteiger partial charge in [0.05, 0.1) is 6.04 Å². The molecule has 15 N–H and O–H groups in total. The minimum absolute atomic E-state index is 0.00948. The van der Waals surface area contributed by atoms with Crippen LogP contribution in [-0.2, 0) is 24.0 Å². The van der Waals surface area contributed by atoms with Gasteiger partial charge in [-0.3, -0.25) is 29.2 Å². The van der Waals surface area contributed by atoms with E-state index in [1.54, 1.807) is 0 Å². The van der Waals surface area contributed by atoms with E-state index in [0.717, 1.165) is 0 Å². The molecule has 0 radical (unpaired) electrons. The monoisotopic (exact) mass is 562 g/mol. The zero-order valence-electron chi connectivity index (χ0n) is 20.8. The second kappa shape index (κ2) is 18.4. The predicted octanol–water partition coefficient (Wildman–Crippen LogP) is -4.25. The number of amides is 3. The van der Waals surface area contributed by atoms with Crippen molar-refractivity contribution in [1.29, 1.82) is 0 Å². The Balaban J connectivity index is 5.70. The van der Waals surface area contributed by atoms with Gasteiger partial charge in [0, 0.05) is 25.3 Å². The van der Waals surface area contributed by atoms with Crippen molar-refractivity contribution in [2.24, 2.45) is 38.7 Å². The van der Waals surface area contributed by atoms with Gasteiger partial charge in [-0.2, -0.15) is 12.6 Å². The number of carboxylic acid groups (broad SMARTS) is 2. The lowest BCUT2D eigenvalue weighted by Gasteiger charge is -2.25. The van der Waals surface area contributed by atoms with Crippen molar-refractivity contribution in [2.75, 3.05) is 18.8 Å². The van der Waals surface area contributed by atoms with E-state index in [4.69, 9.17) is 33.8 Å². The average Bonchev–Trinajstić information content (AvgIpc) is 2.83. The average molecular weight is 563 g/mol. The third-order valence-corrected chi connectivity index (χ3v) is 5.34. The van der Waals surface area contributed by atoms with Gasteiger partial charge >= 0.3 is 11.9 Å². The van der Waals surface area contributed by atoms with Gasteiger partial charge in [0.2, 0.25) is 17.7 Å². The predicted molar refractivity (Wildman–Crippen MR) is 142 cm³/mol. The molecule has 0 aromatic rings. The van der Waals surface area contributed by atoms with E-state index < -0.39 is 60.2 Å². The topological polar surface area (TPSA) is 317 Å². The Morgan fingerprint density at radius 2 is 1.13 bits per heavy atom. The SMILES string of the molecule is NC(N)=NCCCC(NC(=O)C(N)CS)C(=O)NC(CCCN=C(N)N)C(=O)NC(CCC(=O)O)C(=O)O. The Morgan fingerprint density at radius 1 is 0.711 bits per heavy atom. The van der Waals surface area contributed by atoms with Crippen LogP contribution in [0.15, 0.2) is 9.98 Å². The van der Waals surface area contributed by atoms with E-state index >= 15 is 0 Å². The van der Waals surface area contributed by atoms with Gasteiger partial charge in [0.25, 0.3) is 0 Å². The van der Waals surface area contributed by atoms with Crippen LogP contribution in [0.25, 0.3) is 0 Å². The fourth-order valence-corrected chi connectivity index (χ4v) is 3.14. The molecule has 0 aliphatic carbocycles. The van der Waals surface area contributed by atoms with Gasteiger partial charge in [-0.1, -0.05) is 0 Å². The van der Waals surface area contributed by atoms with Crippen molar-refractivity contribution in [2.45, 2.75) is 62.7 Å². The summed E-state index contributed by atoms with van der Waals surface area (Å²) in [5.74, 6) is -5.30. The Labute approximate surface area is 224 Å². The second-order valence-corrected chi connectivity index (χ2v) is 8.51. The summed E-state index contributed by atoms with van der Waals surface area (Å²) in [6.45, 7) is 0.270. The highest BCUT2D eigenvalue weighted by molar-refractivity contribution is 7.80. The highest BCUT2D eigenvalue weighted by Crippen LogP contribution is 2.06. The van der Waals surface area contributed by atoms with Crippen LogP contribution in [0.4, 0.5) is 0 Å². The van der Waals surface area contributed by atoms with E-state index in [1.807, 2.05) is 0 Å². The van der Waals surface area contributed by atoms with E-state index in [2.05, 4.69) is 38.6 Å². The third-order valence-electron chi connectivity index (χ3n) is 4.95. The summed E-state index contributed by atoms with van der Waals surface area (Å²) in [6.07, 6.45) is -0.319.